The molecule has 0 fully saturated rings. The molecule has 0 amide bonds. The summed E-state index contributed by atoms with van der Waals surface area (Å²) >= 11 is 5.67. The summed E-state index contributed by atoms with van der Waals surface area (Å²) in [5, 5.41) is 9.81. The minimum atomic E-state index is 0.227. The van der Waals surface area contributed by atoms with E-state index >= 15 is 0 Å². The Morgan fingerprint density at radius 2 is 2.16 bits per heavy atom. The SMILES string of the molecule is Nc1ccccc1N=CC1=CC(=CCCl)CC=C1O. The van der Waals surface area contributed by atoms with E-state index in [0.717, 1.165) is 5.57 Å². The highest BCUT2D eigenvalue weighted by Gasteiger charge is 2.08. The first-order valence-electron chi connectivity index (χ1n) is 5.95. The number of nitrogens with zero attached hydrogens (tertiary/aromatic N) is 1. The van der Waals surface area contributed by atoms with Gasteiger partial charge < -0.3 is 10.8 Å². The molecule has 0 saturated heterocycles. The summed E-state index contributed by atoms with van der Waals surface area (Å²) in [6, 6.07) is 7.33. The van der Waals surface area contributed by atoms with Gasteiger partial charge in [-0.3, -0.25) is 4.99 Å². The largest absolute Gasteiger partial charge is 0.508 e. The van der Waals surface area contributed by atoms with Crippen molar-refractivity contribution in [3.63, 3.8) is 0 Å². The number of rotatable bonds is 3. The van der Waals surface area contributed by atoms with Crippen molar-refractivity contribution in [1.82, 2.24) is 0 Å². The average Bonchev–Trinajstić information content (AvgIpc) is 2.41. The van der Waals surface area contributed by atoms with Gasteiger partial charge in [0.1, 0.15) is 5.76 Å². The van der Waals surface area contributed by atoms with E-state index in [1.807, 2.05) is 30.4 Å². The highest BCUT2D eigenvalue weighted by molar-refractivity contribution is 6.19. The number of anilines is 1. The summed E-state index contributed by atoms with van der Waals surface area (Å²) in [5.74, 6) is 0.682. The van der Waals surface area contributed by atoms with Gasteiger partial charge in [0.2, 0.25) is 0 Å². The molecule has 98 valence electrons. The number of hydrogen-bond acceptors (Lipinski definition) is 3. The molecule has 0 atom stereocenters. The maximum absolute atomic E-state index is 9.81. The second-order valence-electron chi connectivity index (χ2n) is 4.14. The zero-order valence-electron chi connectivity index (χ0n) is 10.4. The van der Waals surface area contributed by atoms with Crippen LogP contribution in [0.5, 0.6) is 0 Å². The number of nitrogen functional groups attached to an aromatic ring is 1. The first kappa shape index (κ1) is 13.4. The normalized spacial score (nSPS) is 17.6. The molecule has 0 bridgehead atoms. The third kappa shape index (κ3) is 3.48. The molecule has 1 aliphatic carbocycles. The molecule has 0 unspecified atom stereocenters. The van der Waals surface area contributed by atoms with Crippen molar-refractivity contribution in [3.8, 4) is 0 Å². The molecule has 4 heteroatoms. The minimum Gasteiger partial charge on any atom is -0.508 e. The number of aliphatic hydroxyl groups excluding tert-OH is 1. The number of para-hydroxylation sites is 2. The zero-order chi connectivity index (χ0) is 13.7. The van der Waals surface area contributed by atoms with Crippen molar-refractivity contribution in [2.75, 3.05) is 11.6 Å². The van der Waals surface area contributed by atoms with Gasteiger partial charge in [0.25, 0.3) is 0 Å². The summed E-state index contributed by atoms with van der Waals surface area (Å²) in [5.41, 5.74) is 8.82. The van der Waals surface area contributed by atoms with Crippen LogP contribution in [0.3, 0.4) is 0 Å². The van der Waals surface area contributed by atoms with Crippen LogP contribution in [0.15, 0.2) is 64.4 Å². The van der Waals surface area contributed by atoms with Crippen molar-refractivity contribution in [2.45, 2.75) is 6.42 Å². The lowest BCUT2D eigenvalue weighted by Gasteiger charge is -2.09. The van der Waals surface area contributed by atoms with E-state index < -0.39 is 0 Å². The standard InChI is InChI=1S/C15H15ClN2O/c16-8-7-11-5-6-15(19)12(9-11)10-18-14-4-2-1-3-13(14)17/h1-4,6-7,9-10,19H,5,8,17H2. The van der Waals surface area contributed by atoms with E-state index in [9.17, 15) is 5.11 Å². The van der Waals surface area contributed by atoms with E-state index in [1.54, 1.807) is 18.4 Å². The van der Waals surface area contributed by atoms with Crippen molar-refractivity contribution in [2.24, 2.45) is 4.99 Å². The lowest BCUT2D eigenvalue weighted by atomic mass is 10.0. The van der Waals surface area contributed by atoms with Crippen LogP contribution in [0.1, 0.15) is 6.42 Å². The molecule has 0 heterocycles. The maximum atomic E-state index is 9.81. The molecule has 0 aromatic heterocycles. The highest BCUT2D eigenvalue weighted by atomic mass is 35.5. The predicted molar refractivity (Wildman–Crippen MR) is 81.2 cm³/mol. The molecule has 1 aromatic rings. The van der Waals surface area contributed by atoms with Crippen LogP contribution in [-0.4, -0.2) is 17.2 Å². The molecule has 3 N–H and O–H groups in total. The number of allylic oxidation sites excluding steroid dienone is 5. The van der Waals surface area contributed by atoms with Gasteiger partial charge in [-0.25, -0.2) is 0 Å². The van der Waals surface area contributed by atoms with E-state index in [4.69, 9.17) is 17.3 Å². The van der Waals surface area contributed by atoms with Gasteiger partial charge in [0.15, 0.2) is 0 Å². The number of alkyl halides is 1. The number of nitrogens with two attached hydrogens (primary N) is 1. The molecule has 19 heavy (non-hydrogen) atoms. The Hall–Kier alpha value is -2.00. The summed E-state index contributed by atoms with van der Waals surface area (Å²) in [4.78, 5) is 4.30. The Morgan fingerprint density at radius 3 is 2.89 bits per heavy atom. The van der Waals surface area contributed by atoms with Gasteiger partial charge in [-0.2, -0.15) is 0 Å². The van der Waals surface area contributed by atoms with Crippen molar-refractivity contribution >= 4 is 29.2 Å². The Morgan fingerprint density at radius 1 is 1.37 bits per heavy atom. The second-order valence-corrected chi connectivity index (χ2v) is 4.45. The zero-order valence-corrected chi connectivity index (χ0v) is 11.1. The van der Waals surface area contributed by atoms with E-state index in [2.05, 4.69) is 4.99 Å². The van der Waals surface area contributed by atoms with Crippen LogP contribution >= 0.6 is 11.6 Å². The lowest BCUT2D eigenvalue weighted by Crippen LogP contribution is -1.98. The number of aliphatic imine (C=N–C) groups is 1. The fourth-order valence-electron chi connectivity index (χ4n) is 1.75. The van der Waals surface area contributed by atoms with Crippen molar-refractivity contribution in [3.05, 3.63) is 59.4 Å². The molecule has 0 spiro atoms. The number of benzene rings is 1. The summed E-state index contributed by atoms with van der Waals surface area (Å²) in [6.45, 7) is 0. The molecular formula is C15H15ClN2O. The Kier molecular flexibility index (Phi) is 4.42. The van der Waals surface area contributed by atoms with Crippen LogP contribution in [0.4, 0.5) is 11.4 Å². The lowest BCUT2D eigenvalue weighted by molar-refractivity contribution is 0.425. The molecule has 2 rings (SSSR count). The molecule has 1 aromatic carbocycles. The first-order chi connectivity index (χ1) is 9.20. The van der Waals surface area contributed by atoms with Gasteiger partial charge in [0.05, 0.1) is 11.4 Å². The van der Waals surface area contributed by atoms with Crippen LogP contribution < -0.4 is 5.73 Å². The van der Waals surface area contributed by atoms with Crippen LogP contribution in [-0.2, 0) is 0 Å². The van der Waals surface area contributed by atoms with Gasteiger partial charge in [-0.15, -0.1) is 11.6 Å². The molecular weight excluding hydrogens is 260 g/mol. The second kappa shape index (κ2) is 6.25. The van der Waals surface area contributed by atoms with Crippen molar-refractivity contribution in [1.29, 1.82) is 0 Å². The number of aliphatic hydroxyl groups is 1. The molecule has 1 aliphatic rings. The Bertz CT molecular complexity index is 586. The quantitative estimate of drug-likeness (QED) is 0.499. The third-order valence-corrected chi connectivity index (χ3v) is 2.94. The average molecular weight is 275 g/mol. The maximum Gasteiger partial charge on any atom is 0.120 e. The third-order valence-electron chi connectivity index (χ3n) is 2.79. The fraction of sp³-hybridized carbons (Fsp3) is 0.133. The van der Waals surface area contributed by atoms with E-state index in [0.29, 0.717) is 29.2 Å². The van der Waals surface area contributed by atoms with E-state index in [-0.39, 0.29) is 5.76 Å². The highest BCUT2D eigenvalue weighted by Crippen LogP contribution is 2.23. The Balaban J connectivity index is 2.24. The van der Waals surface area contributed by atoms with Gasteiger partial charge in [-0.1, -0.05) is 18.2 Å². The molecule has 0 saturated carbocycles. The fourth-order valence-corrected chi connectivity index (χ4v) is 1.95. The summed E-state index contributed by atoms with van der Waals surface area (Å²) in [6.07, 6.45) is 7.83. The van der Waals surface area contributed by atoms with Crippen LogP contribution in [0, 0.1) is 0 Å². The number of halogens is 1. The van der Waals surface area contributed by atoms with Crippen molar-refractivity contribution < 1.29 is 5.11 Å². The number of hydrogen-bond donors (Lipinski definition) is 2. The van der Waals surface area contributed by atoms with E-state index in [1.165, 1.54) is 0 Å². The monoisotopic (exact) mass is 274 g/mol. The van der Waals surface area contributed by atoms with Gasteiger partial charge in [-0.05, 0) is 36.3 Å². The molecule has 0 radical (unpaired) electrons. The first-order valence-corrected chi connectivity index (χ1v) is 6.49. The van der Waals surface area contributed by atoms with Crippen LogP contribution in [0.2, 0.25) is 0 Å². The minimum absolute atomic E-state index is 0.227. The van der Waals surface area contributed by atoms with Gasteiger partial charge >= 0.3 is 0 Å². The molecule has 3 nitrogen and oxygen atoms in total. The molecule has 0 aliphatic heterocycles. The van der Waals surface area contributed by atoms with Gasteiger partial charge in [0, 0.05) is 17.7 Å². The summed E-state index contributed by atoms with van der Waals surface area (Å²) in [7, 11) is 0. The predicted octanol–water partition coefficient (Wildman–Crippen LogP) is 3.91. The van der Waals surface area contributed by atoms with Crippen LogP contribution in [0.25, 0.3) is 0 Å². The summed E-state index contributed by atoms with van der Waals surface area (Å²) < 4.78 is 0. The Labute approximate surface area is 117 Å². The topological polar surface area (TPSA) is 58.6 Å². The smallest absolute Gasteiger partial charge is 0.120 e.